The molecule has 0 fully saturated rings. The summed E-state index contributed by atoms with van der Waals surface area (Å²) in [4.78, 5) is 0. The van der Waals surface area contributed by atoms with E-state index in [1.807, 2.05) is 30.6 Å². The zero-order valence-electron chi connectivity index (χ0n) is 6.77. The van der Waals surface area contributed by atoms with E-state index in [0.29, 0.717) is 0 Å². The van der Waals surface area contributed by atoms with Gasteiger partial charge in [-0.2, -0.15) is 4.57 Å². The molecule has 0 aliphatic rings. The normalized spacial score (nSPS) is 8.42. The molecule has 0 bridgehead atoms. The fourth-order valence-corrected chi connectivity index (χ4v) is 0.687. The molecule has 0 aromatic carbocycles. The fraction of sp³-hybridized carbons (Fsp3) is 0.111. The second-order valence-electron chi connectivity index (χ2n) is 2.11. The third kappa shape index (κ3) is 2.48. The van der Waals surface area contributed by atoms with Crippen LogP contribution in [0, 0.1) is 0 Å². The Balaban J connectivity index is 2.83. The van der Waals surface area contributed by atoms with Gasteiger partial charge in [-0.05, 0) is 0 Å². The molecule has 0 unspecified atom stereocenters. The second kappa shape index (κ2) is 4.21. The molecule has 0 saturated heterocycles. The summed E-state index contributed by atoms with van der Waals surface area (Å²) in [5, 5.41) is 8.86. The summed E-state index contributed by atoms with van der Waals surface area (Å²) in [5.74, 6) is -0.230. The summed E-state index contributed by atoms with van der Waals surface area (Å²) in [6.07, 6.45) is 5.23. The van der Waals surface area contributed by atoms with Crippen molar-refractivity contribution in [3.05, 3.63) is 42.3 Å². The van der Waals surface area contributed by atoms with E-state index in [-0.39, 0.29) is 5.95 Å². The van der Waals surface area contributed by atoms with Crippen LogP contribution in [0.25, 0.3) is 6.20 Å². The van der Waals surface area contributed by atoms with E-state index >= 15 is 0 Å². The van der Waals surface area contributed by atoms with Gasteiger partial charge in [-0.25, -0.2) is 0 Å². The first-order valence-electron chi connectivity index (χ1n) is 3.48. The summed E-state index contributed by atoms with van der Waals surface area (Å²) < 4.78 is 6.23. The second-order valence-corrected chi connectivity index (χ2v) is 2.11. The molecule has 0 radical (unpaired) electrons. The number of aliphatic hydroxyl groups excluding tert-OH is 1. The number of aromatic nitrogens is 1. The largest absolute Gasteiger partial charge is 0.475 e. The Kier molecular flexibility index (Phi) is 2.94. The van der Waals surface area contributed by atoms with E-state index in [1.54, 1.807) is 10.8 Å². The lowest BCUT2D eigenvalue weighted by Crippen LogP contribution is -2.23. The van der Waals surface area contributed by atoms with Crippen LogP contribution in [0.1, 0.15) is 0 Å². The van der Waals surface area contributed by atoms with Gasteiger partial charge in [0.15, 0.2) is 12.4 Å². The van der Waals surface area contributed by atoms with Crippen LogP contribution in [0.2, 0.25) is 0 Å². The van der Waals surface area contributed by atoms with Crippen LogP contribution in [0.3, 0.4) is 0 Å². The molecule has 3 heteroatoms. The summed E-state index contributed by atoms with van der Waals surface area (Å²) in [7, 11) is 1.38. The predicted molar refractivity (Wildman–Crippen MR) is 44.1 cm³/mol. The zero-order valence-corrected chi connectivity index (χ0v) is 6.77. The Bertz CT molecular complexity index is 300. The standard InChI is InChI=1S/C9H9NO2/c1-12-9(11)5-8-10-6-3-2-4-7-10/h2-4,6-8H,1H3/p+1. The Morgan fingerprint density at radius 2 is 2.08 bits per heavy atom. The Morgan fingerprint density at radius 3 is 2.67 bits per heavy atom. The highest BCUT2D eigenvalue weighted by Gasteiger charge is 1.89. The highest BCUT2D eigenvalue weighted by molar-refractivity contribution is 5.06. The molecular weight excluding hydrogens is 154 g/mol. The van der Waals surface area contributed by atoms with Crippen LogP contribution in [0.15, 0.2) is 42.3 Å². The molecule has 3 nitrogen and oxygen atoms in total. The van der Waals surface area contributed by atoms with E-state index in [0.717, 1.165) is 0 Å². The number of ether oxygens (including phenoxy) is 1. The molecule has 1 rings (SSSR count). The molecule has 0 amide bonds. The van der Waals surface area contributed by atoms with E-state index in [9.17, 15) is 0 Å². The third-order valence-electron chi connectivity index (χ3n) is 1.27. The van der Waals surface area contributed by atoms with Crippen LogP contribution < -0.4 is 4.57 Å². The minimum Gasteiger partial charge on any atom is -0.475 e. The Labute approximate surface area is 70.8 Å². The van der Waals surface area contributed by atoms with Crippen LogP contribution in [0.4, 0.5) is 0 Å². The van der Waals surface area contributed by atoms with Crippen molar-refractivity contribution in [3.8, 4) is 0 Å². The molecule has 12 heavy (non-hydrogen) atoms. The number of hydrogen-bond donors (Lipinski definition) is 1. The minimum atomic E-state index is -0.230. The Hall–Kier alpha value is -1.73. The highest BCUT2D eigenvalue weighted by Crippen LogP contribution is 1.82. The topological polar surface area (TPSA) is 33.3 Å². The lowest BCUT2D eigenvalue weighted by atomic mass is 10.5. The number of nitrogens with zero attached hydrogens (tertiary/aromatic N) is 1. The minimum absolute atomic E-state index is 0.230. The monoisotopic (exact) mass is 164 g/mol. The van der Waals surface area contributed by atoms with Crippen molar-refractivity contribution in [3.63, 3.8) is 0 Å². The number of hydrogen-bond acceptors (Lipinski definition) is 2. The van der Waals surface area contributed by atoms with Crippen LogP contribution in [0.5, 0.6) is 0 Å². The van der Waals surface area contributed by atoms with Crippen molar-refractivity contribution in [1.29, 1.82) is 0 Å². The fourth-order valence-electron chi connectivity index (χ4n) is 0.687. The Morgan fingerprint density at radius 1 is 1.42 bits per heavy atom. The maximum absolute atomic E-state index is 8.86. The first-order valence-corrected chi connectivity index (χ1v) is 3.48. The molecule has 0 atom stereocenters. The molecule has 1 aromatic rings. The van der Waals surface area contributed by atoms with Gasteiger partial charge in [-0.3, -0.25) is 0 Å². The quantitative estimate of drug-likeness (QED) is 0.403. The maximum Gasteiger partial charge on any atom is 0.330 e. The molecule has 0 spiro atoms. The molecule has 1 N–H and O–H groups in total. The smallest absolute Gasteiger partial charge is 0.330 e. The van der Waals surface area contributed by atoms with E-state index < -0.39 is 0 Å². The van der Waals surface area contributed by atoms with E-state index in [4.69, 9.17) is 5.11 Å². The molecule has 0 aliphatic heterocycles. The number of methoxy groups -OCH3 is 1. The van der Waals surface area contributed by atoms with Gasteiger partial charge in [0.05, 0.1) is 7.11 Å². The van der Waals surface area contributed by atoms with Gasteiger partial charge >= 0.3 is 5.95 Å². The summed E-state index contributed by atoms with van der Waals surface area (Å²) in [6, 6.07) is 5.66. The first kappa shape index (κ1) is 8.37. The van der Waals surface area contributed by atoms with Gasteiger partial charge < -0.3 is 9.84 Å². The third-order valence-corrected chi connectivity index (χ3v) is 1.27. The highest BCUT2D eigenvalue weighted by atomic mass is 16.6. The first-order chi connectivity index (χ1) is 5.83. The number of pyridine rings is 1. The van der Waals surface area contributed by atoms with Crippen molar-refractivity contribution >= 4 is 6.20 Å². The zero-order chi connectivity index (χ0) is 8.81. The van der Waals surface area contributed by atoms with Gasteiger partial charge in [0.25, 0.3) is 0 Å². The summed E-state index contributed by atoms with van der Waals surface area (Å²) in [6.45, 7) is 0. The average molecular weight is 164 g/mol. The van der Waals surface area contributed by atoms with Crippen molar-refractivity contribution in [2.75, 3.05) is 7.11 Å². The van der Waals surface area contributed by atoms with Crippen molar-refractivity contribution in [2.24, 2.45) is 0 Å². The van der Waals surface area contributed by atoms with E-state index in [2.05, 4.69) is 10.5 Å². The average Bonchev–Trinajstić information content (AvgIpc) is 2.16. The van der Waals surface area contributed by atoms with Crippen LogP contribution in [-0.2, 0) is 4.74 Å². The van der Waals surface area contributed by atoms with Crippen molar-refractivity contribution < 1.29 is 14.4 Å². The van der Waals surface area contributed by atoms with Gasteiger partial charge in [-0.1, -0.05) is 6.07 Å². The van der Waals surface area contributed by atoms with E-state index in [1.165, 1.54) is 7.11 Å². The summed E-state index contributed by atoms with van der Waals surface area (Å²) >= 11 is 0. The van der Waals surface area contributed by atoms with Crippen LogP contribution in [-0.4, -0.2) is 12.2 Å². The van der Waals surface area contributed by atoms with Crippen molar-refractivity contribution in [1.82, 2.24) is 0 Å². The van der Waals surface area contributed by atoms with Gasteiger partial charge in [0.2, 0.25) is 6.20 Å². The maximum atomic E-state index is 8.86. The lowest BCUT2D eigenvalue weighted by molar-refractivity contribution is -0.568. The molecular formula is C9H10NO2+. The number of aliphatic hydroxyl groups is 1. The number of rotatable bonds is 2. The molecule has 1 aromatic heterocycles. The molecule has 0 saturated carbocycles. The predicted octanol–water partition coefficient (Wildman–Crippen LogP) is 1.09. The lowest BCUT2D eigenvalue weighted by Gasteiger charge is -1.87. The molecule has 1 heterocycles. The SMILES string of the molecule is COC(O)=C=C[n+]1ccccc1. The summed E-state index contributed by atoms with van der Waals surface area (Å²) in [5.41, 5.74) is 2.54. The van der Waals surface area contributed by atoms with Gasteiger partial charge in [-0.15, -0.1) is 0 Å². The molecule has 0 aliphatic carbocycles. The van der Waals surface area contributed by atoms with Gasteiger partial charge in [0, 0.05) is 17.9 Å². The van der Waals surface area contributed by atoms with Crippen LogP contribution >= 0.6 is 0 Å². The molecule has 62 valence electrons. The van der Waals surface area contributed by atoms with Crippen molar-refractivity contribution in [2.45, 2.75) is 0 Å². The van der Waals surface area contributed by atoms with Gasteiger partial charge in [0.1, 0.15) is 0 Å².